The van der Waals surface area contributed by atoms with Gasteiger partial charge in [0.15, 0.2) is 23.2 Å². The molecule has 3 heterocycles. The fourth-order valence-corrected chi connectivity index (χ4v) is 6.09. The lowest BCUT2D eigenvalue weighted by Crippen LogP contribution is -2.53. The van der Waals surface area contributed by atoms with Crippen molar-refractivity contribution in [2.24, 2.45) is 5.73 Å². The summed E-state index contributed by atoms with van der Waals surface area (Å²) in [6.07, 6.45) is -6.13. The molecule has 1 fully saturated rings. The van der Waals surface area contributed by atoms with Gasteiger partial charge in [0.25, 0.3) is 5.56 Å². The first-order valence-corrected chi connectivity index (χ1v) is 13.7. The number of aliphatic hydroxyl groups excluding tert-OH is 1. The number of anilines is 1. The molecule has 0 bridgehead atoms. The van der Waals surface area contributed by atoms with Gasteiger partial charge in [-0.25, -0.2) is 18.1 Å². The first-order valence-electron chi connectivity index (χ1n) is 9.78. The lowest BCUT2D eigenvalue weighted by atomic mass is 9.92. The highest BCUT2D eigenvalue weighted by atomic mass is 35.5. The Labute approximate surface area is 206 Å². The molecule has 23 heteroatoms. The van der Waals surface area contributed by atoms with E-state index in [1.165, 1.54) is 0 Å². The number of H-pyrrole nitrogens is 1. The zero-order valence-corrected chi connectivity index (χ0v) is 20.4. The predicted octanol–water partition coefficient (Wildman–Crippen LogP) is -1.06. The van der Waals surface area contributed by atoms with E-state index in [4.69, 9.17) is 40.3 Å². The minimum atomic E-state index is -6.09. The van der Waals surface area contributed by atoms with E-state index in [9.17, 15) is 37.8 Å². The van der Waals surface area contributed by atoms with Crippen LogP contribution in [0.3, 0.4) is 0 Å². The lowest BCUT2D eigenvalue weighted by Gasteiger charge is -2.27. The Morgan fingerprint density at radius 1 is 1.33 bits per heavy atom. The number of phosphoric acid groups is 3. The molecule has 6 atom stereocenters. The number of nitrogens with one attached hydrogen (secondary N) is 1. The van der Waals surface area contributed by atoms with Crippen molar-refractivity contribution in [2.45, 2.75) is 24.0 Å². The van der Waals surface area contributed by atoms with Gasteiger partial charge in [0, 0.05) is 11.6 Å². The summed E-state index contributed by atoms with van der Waals surface area (Å²) < 4.78 is 82.2. The van der Waals surface area contributed by atoms with Crippen LogP contribution < -0.4 is 17.0 Å². The Bertz CT molecular complexity index is 1540. The second-order valence-electron chi connectivity index (χ2n) is 6.84. The van der Waals surface area contributed by atoms with Crippen molar-refractivity contribution in [3.63, 3.8) is 0 Å². The molecule has 0 amide bonds. The summed E-state index contributed by atoms with van der Waals surface area (Å²) in [6, 6.07) is 0. The fourth-order valence-electron chi connectivity index (χ4n) is 3.05. The third-order valence-electron chi connectivity index (χ3n) is 4.33. The summed E-state index contributed by atoms with van der Waals surface area (Å²) in [6.45, 7) is -3.69. The number of nitrogens with zero attached hydrogens (tertiary/aromatic N) is 2. The number of aromatic nitrogens is 3. The van der Waals surface area contributed by atoms with Crippen LogP contribution in [0.5, 0.6) is 0 Å². The predicted molar refractivity (Wildman–Crippen MR) is 115 cm³/mol. The second kappa shape index (κ2) is 9.87. The van der Waals surface area contributed by atoms with Gasteiger partial charge in [-0.05, 0) is 11.6 Å². The van der Waals surface area contributed by atoms with Gasteiger partial charge in [-0.15, -0.1) is 0 Å². The van der Waals surface area contributed by atoms with Gasteiger partial charge < -0.3 is 40.9 Å². The van der Waals surface area contributed by atoms with Gasteiger partial charge >= 0.3 is 23.5 Å². The van der Waals surface area contributed by atoms with Crippen LogP contribution in [-0.4, -0.2) is 63.5 Å². The van der Waals surface area contributed by atoms with E-state index in [0.29, 0.717) is 10.8 Å². The topological polar surface area (TPSA) is 292 Å². The molecule has 1 saturated heterocycles. The molecule has 10 N–H and O–H groups in total. The first kappa shape index (κ1) is 25.9. The van der Waals surface area contributed by atoms with Gasteiger partial charge in [0.2, 0.25) is 5.95 Å². The lowest BCUT2D eigenvalue weighted by molar-refractivity contribution is -0.0437. The molecule has 1 aliphatic heterocycles. The highest BCUT2D eigenvalue weighted by molar-refractivity contribution is 7.66. The minimum absolute atomic E-state index is 0.494. The number of phosphoric ester groups is 1. The standard InChI is InChI=1S/C13H16ClFN5O13P3/c14-2-1-13(17)8(21)6(4-30-35(26,27)33-36(28,29)32-34(23,24)25)31-11(13)20-3-5(15)7-9(20)18-12(16)19-10(7)22/h3,6,8,11,21H,4,17H2,(H,26,27)(H,28,29)(H2,23,24,25)(H3,16,18,19,22)/t6-,8+,11-,13?/m1/s1/i4D2. The fraction of sp³-hybridized carbons (Fsp3) is 0.385. The number of halogens is 2. The van der Waals surface area contributed by atoms with Crippen molar-refractivity contribution in [1.29, 1.82) is 0 Å². The maximum absolute atomic E-state index is 14.6. The molecule has 0 aliphatic carbocycles. The zero-order chi connectivity index (χ0) is 29.1. The van der Waals surface area contributed by atoms with Gasteiger partial charge in [0.1, 0.15) is 17.6 Å². The van der Waals surface area contributed by atoms with E-state index in [1.54, 1.807) is 0 Å². The highest BCUT2D eigenvalue weighted by Gasteiger charge is 2.55. The van der Waals surface area contributed by atoms with Crippen molar-refractivity contribution in [2.75, 3.05) is 12.3 Å². The van der Waals surface area contributed by atoms with Crippen LogP contribution in [0.25, 0.3) is 11.0 Å². The second-order valence-corrected chi connectivity index (χ2v) is 11.4. The molecule has 200 valence electrons. The maximum Gasteiger partial charge on any atom is 0.490 e. The SMILES string of the molecule is [2H]C([2H])(OP(=O)(O)OP(=O)(O)OP(=O)(O)O)[C@H]1O[C@@H](n2cc(F)c3c(=O)[nH]c(N)nc32)C(N)(C#CCl)[C@H]1O. The molecule has 1 aliphatic rings. The number of aliphatic hydroxyl groups is 1. The Balaban J connectivity index is 2.02. The normalized spacial score (nSPS) is 29.1. The summed E-state index contributed by atoms with van der Waals surface area (Å²) in [4.78, 5) is 54.1. The molecule has 0 radical (unpaired) electrons. The third kappa shape index (κ3) is 6.05. The van der Waals surface area contributed by atoms with E-state index in [0.717, 1.165) is 0 Å². The Kier molecular flexibility index (Phi) is 7.11. The van der Waals surface area contributed by atoms with Crippen LogP contribution in [0.4, 0.5) is 10.3 Å². The molecule has 3 rings (SSSR count). The smallest absolute Gasteiger partial charge is 0.387 e. The van der Waals surface area contributed by atoms with Gasteiger partial charge in [-0.1, -0.05) is 5.92 Å². The summed E-state index contributed by atoms with van der Waals surface area (Å²) in [5, 5.41) is 11.9. The van der Waals surface area contributed by atoms with Crippen molar-refractivity contribution in [3.05, 3.63) is 22.4 Å². The number of nitrogen functional groups attached to an aromatic ring is 1. The molecule has 0 saturated carbocycles. The maximum atomic E-state index is 14.6. The monoisotopic (exact) mass is 599 g/mol. The number of ether oxygens (including phenoxy) is 1. The molecule has 0 aromatic carbocycles. The molecule has 0 spiro atoms. The van der Waals surface area contributed by atoms with Crippen molar-refractivity contribution >= 4 is 52.1 Å². The summed E-state index contributed by atoms with van der Waals surface area (Å²) >= 11 is 5.41. The van der Waals surface area contributed by atoms with Gasteiger partial charge in [0.05, 0.1) is 9.30 Å². The van der Waals surface area contributed by atoms with Crippen LogP contribution in [-0.2, 0) is 31.6 Å². The Morgan fingerprint density at radius 3 is 2.56 bits per heavy atom. The van der Waals surface area contributed by atoms with E-state index in [2.05, 4.69) is 24.0 Å². The number of hydrogen-bond donors (Lipinski definition) is 8. The van der Waals surface area contributed by atoms with E-state index in [1.807, 2.05) is 10.4 Å². The summed E-state index contributed by atoms with van der Waals surface area (Å²) in [7, 11) is -17.9. The Morgan fingerprint density at radius 2 is 1.97 bits per heavy atom. The average Bonchev–Trinajstić information content (AvgIpc) is 3.12. The molecule has 2 aromatic heterocycles. The van der Waals surface area contributed by atoms with Crippen molar-refractivity contribution in [1.82, 2.24) is 14.5 Å². The van der Waals surface area contributed by atoms with Crippen LogP contribution in [0.2, 0.25) is 0 Å². The minimum Gasteiger partial charge on any atom is -0.387 e. The summed E-state index contributed by atoms with van der Waals surface area (Å²) in [5.41, 5.74) is 7.55. The molecule has 3 unspecified atom stereocenters. The van der Waals surface area contributed by atoms with Crippen molar-refractivity contribution in [3.8, 4) is 11.3 Å². The molecule has 18 nitrogen and oxygen atoms in total. The van der Waals surface area contributed by atoms with Crippen molar-refractivity contribution < 1.29 is 63.4 Å². The quantitative estimate of drug-likeness (QED) is 0.132. The number of nitrogens with two attached hydrogens (primary N) is 2. The zero-order valence-electron chi connectivity index (χ0n) is 19.0. The number of rotatable bonds is 8. The van der Waals surface area contributed by atoms with E-state index >= 15 is 0 Å². The van der Waals surface area contributed by atoms with Crippen LogP contribution in [0, 0.1) is 17.1 Å². The third-order valence-corrected chi connectivity index (χ3v) is 8.09. The number of hydrogen-bond acceptors (Lipinski definition) is 12. The number of fused-ring (bicyclic) bond motifs is 1. The highest BCUT2D eigenvalue weighted by Crippen LogP contribution is 2.66. The molecule has 36 heavy (non-hydrogen) atoms. The van der Waals surface area contributed by atoms with Gasteiger partial charge in [-0.2, -0.15) is 13.6 Å². The molecule has 2 aromatic rings. The average molecular weight is 600 g/mol. The largest absolute Gasteiger partial charge is 0.490 e. The molecular weight excluding hydrogens is 582 g/mol. The Hall–Kier alpha value is -1.71. The van der Waals surface area contributed by atoms with Gasteiger partial charge in [-0.3, -0.25) is 18.9 Å². The van der Waals surface area contributed by atoms with E-state index < -0.39 is 82.4 Å². The molecular formula is C13H16ClFN5O13P3. The van der Waals surface area contributed by atoms with Crippen LogP contribution in [0.15, 0.2) is 11.0 Å². The summed E-state index contributed by atoms with van der Waals surface area (Å²) in [5.74, 6) is 0.423. The first-order chi connectivity index (χ1) is 17.1. The van der Waals surface area contributed by atoms with Crippen LogP contribution >= 0.6 is 35.1 Å². The number of aromatic amines is 1. The van der Waals surface area contributed by atoms with Crippen LogP contribution in [0.1, 0.15) is 8.97 Å². The van der Waals surface area contributed by atoms with E-state index in [-0.39, 0.29) is 0 Å².